The molecule has 2 fully saturated rings. The molecule has 1 aliphatic carbocycles. The minimum Gasteiger partial charge on any atom is -0.492 e. The molecule has 5 nitrogen and oxygen atoms in total. The van der Waals surface area contributed by atoms with Crippen LogP contribution in [0, 0.1) is 5.92 Å². The van der Waals surface area contributed by atoms with Crippen molar-refractivity contribution in [3.8, 4) is 5.75 Å². The summed E-state index contributed by atoms with van der Waals surface area (Å²) in [5.41, 5.74) is 0.574. The Hall–Kier alpha value is -1.88. The van der Waals surface area contributed by atoms with E-state index in [0.29, 0.717) is 23.6 Å². The van der Waals surface area contributed by atoms with E-state index in [2.05, 4.69) is 14.9 Å². The average molecular weight is 271 g/mol. The number of hydrogen-bond acceptors (Lipinski definition) is 4. The molecule has 1 saturated heterocycles. The van der Waals surface area contributed by atoms with Crippen molar-refractivity contribution in [1.82, 2.24) is 14.9 Å². The maximum Gasteiger partial charge on any atom is 0.258 e. The molecule has 0 spiro atoms. The highest BCUT2D eigenvalue weighted by molar-refractivity contribution is 5.78. The van der Waals surface area contributed by atoms with E-state index in [9.17, 15) is 4.79 Å². The van der Waals surface area contributed by atoms with Crippen molar-refractivity contribution in [2.24, 2.45) is 5.92 Å². The first-order chi connectivity index (χ1) is 9.79. The lowest BCUT2D eigenvalue weighted by Crippen LogP contribution is -2.13. The first-order valence-corrected chi connectivity index (χ1v) is 7.14. The van der Waals surface area contributed by atoms with Crippen LogP contribution < -0.4 is 10.3 Å². The van der Waals surface area contributed by atoms with Crippen molar-refractivity contribution in [3.63, 3.8) is 0 Å². The van der Waals surface area contributed by atoms with Gasteiger partial charge in [0.2, 0.25) is 0 Å². The molecule has 0 bridgehead atoms. The number of nitrogens with zero attached hydrogens (tertiary/aromatic N) is 2. The smallest absolute Gasteiger partial charge is 0.258 e. The zero-order chi connectivity index (χ0) is 13.5. The topological polar surface area (TPSA) is 58.0 Å². The summed E-state index contributed by atoms with van der Waals surface area (Å²) >= 11 is 0. The normalized spacial score (nSPS) is 24.8. The van der Waals surface area contributed by atoms with Crippen LogP contribution in [0.3, 0.4) is 0 Å². The van der Waals surface area contributed by atoms with E-state index in [4.69, 9.17) is 4.74 Å². The first-order valence-electron chi connectivity index (χ1n) is 7.14. The van der Waals surface area contributed by atoms with Crippen LogP contribution in [0.5, 0.6) is 5.75 Å². The molecule has 1 aliphatic heterocycles. The Balaban J connectivity index is 1.41. The maximum atomic E-state index is 11.7. The fourth-order valence-corrected chi connectivity index (χ4v) is 2.57. The number of nitrogens with one attached hydrogen (secondary N) is 1. The molecule has 0 radical (unpaired) electrons. The van der Waals surface area contributed by atoms with Gasteiger partial charge in [0, 0.05) is 13.1 Å². The number of hydrogen-bond donors (Lipinski definition) is 1. The van der Waals surface area contributed by atoms with Gasteiger partial charge in [0.25, 0.3) is 5.56 Å². The summed E-state index contributed by atoms with van der Waals surface area (Å²) in [6.45, 7) is 3.08. The second-order valence-corrected chi connectivity index (χ2v) is 5.77. The van der Waals surface area contributed by atoms with E-state index in [1.54, 1.807) is 6.07 Å². The van der Waals surface area contributed by atoms with Crippen molar-refractivity contribution in [2.75, 3.05) is 19.7 Å². The molecule has 2 heterocycles. The lowest BCUT2D eigenvalue weighted by Gasteiger charge is -2.07. The standard InChI is InChI=1S/C15H17N3O2/c19-15-13-5-12(3-4-14(13)16-9-17-15)20-8-11-7-18(11)6-10-1-2-10/h3-5,9-11H,1-2,6-8H2,(H,16,17,19). The Kier molecular flexibility index (Phi) is 2.73. The predicted octanol–water partition coefficient (Wildman–Crippen LogP) is 1.40. The largest absolute Gasteiger partial charge is 0.492 e. The third kappa shape index (κ3) is 2.41. The van der Waals surface area contributed by atoms with Gasteiger partial charge in [-0.15, -0.1) is 0 Å². The van der Waals surface area contributed by atoms with Gasteiger partial charge in [-0.1, -0.05) is 0 Å². The van der Waals surface area contributed by atoms with Crippen LogP contribution in [0.1, 0.15) is 12.8 Å². The highest BCUT2D eigenvalue weighted by atomic mass is 16.5. The number of aromatic nitrogens is 2. The summed E-state index contributed by atoms with van der Waals surface area (Å²) < 4.78 is 5.80. The van der Waals surface area contributed by atoms with Crippen LogP contribution in [0.15, 0.2) is 29.3 Å². The lowest BCUT2D eigenvalue weighted by atomic mass is 10.2. The summed E-state index contributed by atoms with van der Waals surface area (Å²) in [6.07, 6.45) is 4.21. The zero-order valence-electron chi connectivity index (χ0n) is 11.2. The number of fused-ring (bicyclic) bond motifs is 1. The van der Waals surface area contributed by atoms with Crippen molar-refractivity contribution >= 4 is 10.9 Å². The van der Waals surface area contributed by atoms with E-state index < -0.39 is 0 Å². The van der Waals surface area contributed by atoms with E-state index in [1.807, 2.05) is 12.1 Å². The van der Waals surface area contributed by atoms with E-state index >= 15 is 0 Å². The van der Waals surface area contributed by atoms with Gasteiger partial charge in [0.1, 0.15) is 12.4 Å². The third-order valence-electron chi connectivity index (χ3n) is 4.07. The van der Waals surface area contributed by atoms with Crippen molar-refractivity contribution in [3.05, 3.63) is 34.9 Å². The van der Waals surface area contributed by atoms with Crippen molar-refractivity contribution in [2.45, 2.75) is 18.9 Å². The Morgan fingerprint density at radius 1 is 1.40 bits per heavy atom. The van der Waals surface area contributed by atoms with Gasteiger partial charge in [-0.2, -0.15) is 0 Å². The monoisotopic (exact) mass is 271 g/mol. The molecule has 2 atom stereocenters. The zero-order valence-corrected chi connectivity index (χ0v) is 11.2. The Labute approximate surface area is 116 Å². The molecular formula is C15H17N3O2. The minimum absolute atomic E-state index is 0.123. The fourth-order valence-electron chi connectivity index (χ4n) is 2.57. The van der Waals surface area contributed by atoms with Gasteiger partial charge in [-0.25, -0.2) is 4.98 Å². The predicted molar refractivity (Wildman–Crippen MR) is 75.9 cm³/mol. The van der Waals surface area contributed by atoms with Crippen LogP contribution in [0.25, 0.3) is 10.9 Å². The van der Waals surface area contributed by atoms with Gasteiger partial charge >= 0.3 is 0 Å². The summed E-state index contributed by atoms with van der Waals surface area (Å²) in [4.78, 5) is 20.9. The fraction of sp³-hybridized carbons (Fsp3) is 0.467. The summed E-state index contributed by atoms with van der Waals surface area (Å²) in [7, 11) is 0. The van der Waals surface area contributed by atoms with Crippen LogP contribution in [0.4, 0.5) is 0 Å². The molecule has 20 heavy (non-hydrogen) atoms. The Morgan fingerprint density at radius 2 is 2.30 bits per heavy atom. The van der Waals surface area contributed by atoms with Crippen molar-refractivity contribution in [1.29, 1.82) is 0 Å². The summed E-state index contributed by atoms with van der Waals surface area (Å²) in [6, 6.07) is 6.03. The molecule has 2 aromatic rings. The van der Waals surface area contributed by atoms with E-state index in [1.165, 1.54) is 25.7 Å². The second-order valence-electron chi connectivity index (χ2n) is 5.77. The molecule has 2 unspecified atom stereocenters. The van der Waals surface area contributed by atoms with Gasteiger partial charge in [-0.3, -0.25) is 9.69 Å². The number of aromatic amines is 1. The maximum absolute atomic E-state index is 11.7. The number of ether oxygens (including phenoxy) is 1. The molecule has 0 amide bonds. The molecule has 4 rings (SSSR count). The first kappa shape index (κ1) is 11.9. The number of rotatable bonds is 5. The van der Waals surface area contributed by atoms with E-state index in [0.717, 1.165) is 18.2 Å². The molecule has 1 N–H and O–H groups in total. The van der Waals surface area contributed by atoms with Crippen LogP contribution >= 0.6 is 0 Å². The number of H-pyrrole nitrogens is 1. The summed E-state index contributed by atoms with van der Waals surface area (Å²) in [5.74, 6) is 1.68. The van der Waals surface area contributed by atoms with Crippen molar-refractivity contribution < 1.29 is 4.74 Å². The third-order valence-corrected chi connectivity index (χ3v) is 4.07. The molecule has 1 saturated carbocycles. The highest BCUT2D eigenvalue weighted by Crippen LogP contribution is 2.33. The van der Waals surface area contributed by atoms with Crippen LogP contribution in [-0.4, -0.2) is 40.6 Å². The molecular weight excluding hydrogens is 254 g/mol. The van der Waals surface area contributed by atoms with Gasteiger partial charge < -0.3 is 9.72 Å². The quantitative estimate of drug-likeness (QED) is 0.835. The molecule has 1 aromatic carbocycles. The minimum atomic E-state index is -0.123. The molecule has 104 valence electrons. The average Bonchev–Trinajstić information content (AvgIpc) is 3.36. The Bertz CT molecular complexity index is 693. The van der Waals surface area contributed by atoms with E-state index in [-0.39, 0.29) is 5.56 Å². The van der Waals surface area contributed by atoms with Gasteiger partial charge in [0.05, 0.1) is 23.3 Å². The van der Waals surface area contributed by atoms with Crippen LogP contribution in [-0.2, 0) is 0 Å². The van der Waals surface area contributed by atoms with Gasteiger partial charge in [0.15, 0.2) is 0 Å². The number of benzene rings is 1. The van der Waals surface area contributed by atoms with Crippen LogP contribution in [0.2, 0.25) is 0 Å². The summed E-state index contributed by atoms with van der Waals surface area (Å²) in [5, 5.41) is 0.579. The molecule has 5 heteroatoms. The lowest BCUT2D eigenvalue weighted by molar-refractivity contribution is 0.292. The molecule has 1 aromatic heterocycles. The SMILES string of the molecule is O=c1[nH]cnc2ccc(OCC3CN3CC3CC3)cc12. The second kappa shape index (κ2) is 4.59. The Morgan fingerprint density at radius 3 is 3.15 bits per heavy atom. The molecule has 2 aliphatic rings. The highest BCUT2D eigenvalue weighted by Gasteiger charge is 2.38. The van der Waals surface area contributed by atoms with Gasteiger partial charge in [-0.05, 0) is 37.0 Å².